The molecule has 0 saturated heterocycles. The van der Waals surface area contributed by atoms with Crippen LogP contribution in [0, 0.1) is 0 Å². The number of sulfone groups is 1. The number of anilines is 1. The fourth-order valence-corrected chi connectivity index (χ4v) is 2.29. The van der Waals surface area contributed by atoms with E-state index in [9.17, 15) is 8.42 Å². The van der Waals surface area contributed by atoms with Crippen LogP contribution in [-0.2, 0) is 9.84 Å². The summed E-state index contributed by atoms with van der Waals surface area (Å²) in [5, 5.41) is 3.25. The molecule has 0 unspecified atom stereocenters. The summed E-state index contributed by atoms with van der Waals surface area (Å²) in [5.74, 6) is 0. The van der Waals surface area contributed by atoms with Gasteiger partial charge in [0, 0.05) is 18.5 Å². The van der Waals surface area contributed by atoms with Crippen molar-refractivity contribution in [3.8, 4) is 0 Å². The number of unbranched alkanes of at least 4 members (excludes halogenated alkanes) is 3. The topological polar surface area (TPSA) is 46.2 Å². The lowest BCUT2D eigenvalue weighted by Crippen LogP contribution is -2.03. The van der Waals surface area contributed by atoms with Gasteiger partial charge in [-0.05, 0) is 24.6 Å². The van der Waals surface area contributed by atoms with Crippen LogP contribution < -0.4 is 5.32 Å². The maximum absolute atomic E-state index is 11.4. The van der Waals surface area contributed by atoms with Gasteiger partial charge in [-0.1, -0.05) is 32.3 Å². The SMILES string of the molecule is CCCCCCNc1cccc(S(C)(=O)=O)c1. The Balaban J connectivity index is 2.49. The van der Waals surface area contributed by atoms with Crippen molar-refractivity contribution in [3.05, 3.63) is 24.3 Å². The van der Waals surface area contributed by atoms with Crippen LogP contribution in [0.15, 0.2) is 29.2 Å². The molecule has 0 radical (unpaired) electrons. The van der Waals surface area contributed by atoms with E-state index in [0.717, 1.165) is 18.7 Å². The Bertz CT molecular complexity index is 440. The highest BCUT2D eigenvalue weighted by atomic mass is 32.2. The van der Waals surface area contributed by atoms with E-state index < -0.39 is 9.84 Å². The van der Waals surface area contributed by atoms with Crippen molar-refractivity contribution in [1.82, 2.24) is 0 Å². The third-order valence-corrected chi connectivity index (χ3v) is 3.73. The van der Waals surface area contributed by atoms with Gasteiger partial charge >= 0.3 is 0 Å². The van der Waals surface area contributed by atoms with Crippen molar-refractivity contribution in [2.24, 2.45) is 0 Å². The largest absolute Gasteiger partial charge is 0.385 e. The normalized spacial score (nSPS) is 11.4. The zero-order valence-corrected chi connectivity index (χ0v) is 11.4. The highest BCUT2D eigenvalue weighted by Crippen LogP contribution is 2.15. The molecule has 0 atom stereocenters. The first kappa shape index (κ1) is 14.0. The second kappa shape index (κ2) is 6.64. The molecule has 0 spiro atoms. The summed E-state index contributed by atoms with van der Waals surface area (Å²) in [6.07, 6.45) is 6.05. The predicted octanol–water partition coefficient (Wildman–Crippen LogP) is 3.08. The summed E-state index contributed by atoms with van der Waals surface area (Å²) in [6, 6.07) is 6.98. The molecule has 0 heterocycles. The molecular weight excluding hydrogens is 234 g/mol. The Morgan fingerprint density at radius 1 is 1.18 bits per heavy atom. The van der Waals surface area contributed by atoms with Crippen molar-refractivity contribution in [2.45, 2.75) is 37.5 Å². The van der Waals surface area contributed by atoms with Crippen LogP contribution >= 0.6 is 0 Å². The van der Waals surface area contributed by atoms with Crippen LogP contribution in [0.2, 0.25) is 0 Å². The smallest absolute Gasteiger partial charge is 0.175 e. The monoisotopic (exact) mass is 255 g/mol. The maximum atomic E-state index is 11.4. The molecule has 0 saturated carbocycles. The maximum Gasteiger partial charge on any atom is 0.175 e. The Hall–Kier alpha value is -1.03. The summed E-state index contributed by atoms with van der Waals surface area (Å²) in [7, 11) is -3.10. The van der Waals surface area contributed by atoms with Crippen molar-refractivity contribution in [2.75, 3.05) is 18.1 Å². The van der Waals surface area contributed by atoms with Crippen LogP contribution in [0.25, 0.3) is 0 Å². The Morgan fingerprint density at radius 3 is 2.59 bits per heavy atom. The van der Waals surface area contributed by atoms with E-state index in [1.54, 1.807) is 18.2 Å². The third kappa shape index (κ3) is 5.22. The van der Waals surface area contributed by atoms with E-state index in [4.69, 9.17) is 0 Å². The standard InChI is InChI=1S/C13H21NO2S/c1-3-4-5-6-10-14-12-8-7-9-13(11-12)17(2,15)16/h7-9,11,14H,3-6,10H2,1-2H3. The lowest BCUT2D eigenvalue weighted by Gasteiger charge is -2.07. The lowest BCUT2D eigenvalue weighted by molar-refractivity contribution is 0.602. The summed E-state index contributed by atoms with van der Waals surface area (Å²) < 4.78 is 22.7. The van der Waals surface area contributed by atoms with Crippen LogP contribution in [0.3, 0.4) is 0 Å². The minimum Gasteiger partial charge on any atom is -0.385 e. The molecular formula is C13H21NO2S. The molecule has 0 aliphatic rings. The minimum atomic E-state index is -3.10. The number of hydrogen-bond donors (Lipinski definition) is 1. The molecule has 0 aliphatic carbocycles. The molecule has 0 aliphatic heterocycles. The number of hydrogen-bond acceptors (Lipinski definition) is 3. The summed E-state index contributed by atoms with van der Waals surface area (Å²) in [5.41, 5.74) is 0.879. The van der Waals surface area contributed by atoms with Crippen LogP contribution in [0.5, 0.6) is 0 Å². The summed E-state index contributed by atoms with van der Waals surface area (Å²) in [6.45, 7) is 3.08. The first-order valence-electron chi connectivity index (χ1n) is 6.08. The first-order chi connectivity index (χ1) is 8.04. The van der Waals surface area contributed by atoms with E-state index in [2.05, 4.69) is 12.2 Å². The Kier molecular flexibility index (Phi) is 5.48. The van der Waals surface area contributed by atoms with E-state index in [0.29, 0.717) is 4.90 Å². The van der Waals surface area contributed by atoms with Gasteiger partial charge in [0.1, 0.15) is 0 Å². The highest BCUT2D eigenvalue weighted by molar-refractivity contribution is 7.90. The molecule has 3 nitrogen and oxygen atoms in total. The second-order valence-corrected chi connectivity index (χ2v) is 6.30. The van der Waals surface area contributed by atoms with Crippen molar-refractivity contribution in [1.29, 1.82) is 0 Å². The van der Waals surface area contributed by atoms with Crippen LogP contribution in [0.1, 0.15) is 32.6 Å². The molecule has 0 amide bonds. The first-order valence-corrected chi connectivity index (χ1v) is 7.97. The van der Waals surface area contributed by atoms with Crippen molar-refractivity contribution in [3.63, 3.8) is 0 Å². The summed E-state index contributed by atoms with van der Waals surface area (Å²) in [4.78, 5) is 0.371. The quantitative estimate of drug-likeness (QED) is 0.762. The average molecular weight is 255 g/mol. The van der Waals surface area contributed by atoms with Crippen molar-refractivity contribution < 1.29 is 8.42 Å². The fraction of sp³-hybridized carbons (Fsp3) is 0.538. The zero-order valence-electron chi connectivity index (χ0n) is 10.6. The fourth-order valence-electron chi connectivity index (χ4n) is 1.62. The number of benzene rings is 1. The zero-order chi connectivity index (χ0) is 12.7. The molecule has 96 valence electrons. The lowest BCUT2D eigenvalue weighted by atomic mass is 10.2. The molecule has 1 aromatic rings. The van der Waals surface area contributed by atoms with E-state index in [1.807, 2.05) is 6.07 Å². The van der Waals surface area contributed by atoms with E-state index in [-0.39, 0.29) is 0 Å². The summed E-state index contributed by atoms with van der Waals surface area (Å²) >= 11 is 0. The van der Waals surface area contributed by atoms with Gasteiger partial charge in [-0.3, -0.25) is 0 Å². The molecule has 1 N–H and O–H groups in total. The minimum absolute atomic E-state index is 0.371. The van der Waals surface area contributed by atoms with E-state index >= 15 is 0 Å². The average Bonchev–Trinajstić information content (AvgIpc) is 2.28. The van der Waals surface area contributed by atoms with Gasteiger partial charge in [0.05, 0.1) is 4.90 Å². The molecule has 0 bridgehead atoms. The Morgan fingerprint density at radius 2 is 1.94 bits per heavy atom. The molecule has 1 rings (SSSR count). The molecule has 4 heteroatoms. The van der Waals surface area contributed by atoms with Crippen LogP contribution in [-0.4, -0.2) is 21.2 Å². The second-order valence-electron chi connectivity index (χ2n) is 4.29. The number of rotatable bonds is 7. The van der Waals surface area contributed by atoms with Gasteiger partial charge in [0.2, 0.25) is 0 Å². The molecule has 0 aromatic heterocycles. The highest BCUT2D eigenvalue weighted by Gasteiger charge is 2.06. The van der Waals surface area contributed by atoms with Crippen LogP contribution in [0.4, 0.5) is 5.69 Å². The Labute approximate surface area is 104 Å². The van der Waals surface area contributed by atoms with E-state index in [1.165, 1.54) is 25.5 Å². The molecule has 17 heavy (non-hydrogen) atoms. The van der Waals surface area contributed by atoms with Crippen molar-refractivity contribution >= 4 is 15.5 Å². The third-order valence-electron chi connectivity index (χ3n) is 2.62. The van der Waals surface area contributed by atoms with Gasteiger partial charge in [-0.25, -0.2) is 8.42 Å². The van der Waals surface area contributed by atoms with Gasteiger partial charge < -0.3 is 5.32 Å². The molecule has 0 fully saturated rings. The van der Waals surface area contributed by atoms with Gasteiger partial charge in [-0.15, -0.1) is 0 Å². The predicted molar refractivity (Wildman–Crippen MR) is 72.2 cm³/mol. The van der Waals surface area contributed by atoms with Gasteiger partial charge in [0.15, 0.2) is 9.84 Å². The van der Waals surface area contributed by atoms with Gasteiger partial charge in [-0.2, -0.15) is 0 Å². The molecule has 1 aromatic carbocycles. The van der Waals surface area contributed by atoms with Gasteiger partial charge in [0.25, 0.3) is 0 Å². The number of nitrogens with one attached hydrogen (secondary N) is 1.